The minimum Gasteiger partial charge on any atom is -0.496 e. The molecule has 0 saturated heterocycles. The molecule has 0 saturated carbocycles. The van der Waals surface area contributed by atoms with Gasteiger partial charge in [0.05, 0.1) is 18.6 Å². The third-order valence-corrected chi connectivity index (χ3v) is 5.88. The standard InChI is InChI=1S/C19H25NO4S/c1-6-24-17-9-7-8-16(12-17)15(4)20-25(21,22)19-11-10-18(23-5)13(2)14(19)3/h7-12,15,20H,6H2,1-5H3. The van der Waals surface area contributed by atoms with Crippen molar-refractivity contribution in [3.05, 3.63) is 53.1 Å². The molecule has 1 atom stereocenters. The summed E-state index contributed by atoms with van der Waals surface area (Å²) in [7, 11) is -2.09. The van der Waals surface area contributed by atoms with Gasteiger partial charge in [-0.1, -0.05) is 12.1 Å². The van der Waals surface area contributed by atoms with Crippen molar-refractivity contribution in [3.8, 4) is 11.5 Å². The Morgan fingerprint density at radius 1 is 1.12 bits per heavy atom. The van der Waals surface area contributed by atoms with Crippen molar-refractivity contribution < 1.29 is 17.9 Å². The molecule has 0 spiro atoms. The topological polar surface area (TPSA) is 64.6 Å². The molecule has 0 amide bonds. The van der Waals surface area contributed by atoms with E-state index in [1.165, 1.54) is 0 Å². The molecule has 0 aliphatic heterocycles. The third kappa shape index (κ3) is 4.32. The van der Waals surface area contributed by atoms with Gasteiger partial charge in [0.25, 0.3) is 0 Å². The van der Waals surface area contributed by atoms with Crippen LogP contribution in [-0.2, 0) is 10.0 Å². The lowest BCUT2D eigenvalue weighted by molar-refractivity contribution is 0.339. The van der Waals surface area contributed by atoms with E-state index in [0.29, 0.717) is 17.9 Å². The van der Waals surface area contributed by atoms with E-state index in [4.69, 9.17) is 9.47 Å². The van der Waals surface area contributed by atoms with E-state index >= 15 is 0 Å². The summed E-state index contributed by atoms with van der Waals surface area (Å²) < 4.78 is 39.1. The number of benzene rings is 2. The summed E-state index contributed by atoms with van der Waals surface area (Å²) >= 11 is 0. The first kappa shape index (κ1) is 19.3. The zero-order chi connectivity index (χ0) is 18.6. The summed E-state index contributed by atoms with van der Waals surface area (Å²) in [6.07, 6.45) is 0. The molecule has 0 fully saturated rings. The van der Waals surface area contributed by atoms with E-state index in [1.807, 2.05) is 45.0 Å². The zero-order valence-corrected chi connectivity index (χ0v) is 16.1. The maximum Gasteiger partial charge on any atom is 0.241 e. The van der Waals surface area contributed by atoms with Crippen LogP contribution in [0.4, 0.5) is 0 Å². The van der Waals surface area contributed by atoms with Gasteiger partial charge in [-0.25, -0.2) is 13.1 Å². The van der Waals surface area contributed by atoms with Crippen LogP contribution in [-0.4, -0.2) is 22.1 Å². The fourth-order valence-electron chi connectivity index (χ4n) is 2.69. The second-order valence-corrected chi connectivity index (χ2v) is 7.55. The highest BCUT2D eigenvalue weighted by Gasteiger charge is 2.22. The smallest absolute Gasteiger partial charge is 0.241 e. The van der Waals surface area contributed by atoms with Gasteiger partial charge in [0.2, 0.25) is 10.0 Å². The van der Waals surface area contributed by atoms with Gasteiger partial charge in [0.15, 0.2) is 0 Å². The van der Waals surface area contributed by atoms with Crippen LogP contribution >= 0.6 is 0 Å². The Balaban J connectivity index is 2.29. The number of hydrogen-bond acceptors (Lipinski definition) is 4. The molecule has 2 rings (SSSR count). The van der Waals surface area contributed by atoms with Gasteiger partial charge in [0.1, 0.15) is 11.5 Å². The second-order valence-electron chi connectivity index (χ2n) is 5.86. The number of hydrogen-bond donors (Lipinski definition) is 1. The largest absolute Gasteiger partial charge is 0.496 e. The Hall–Kier alpha value is -2.05. The first-order valence-electron chi connectivity index (χ1n) is 8.19. The highest BCUT2D eigenvalue weighted by atomic mass is 32.2. The first-order chi connectivity index (χ1) is 11.8. The predicted octanol–water partition coefficient (Wildman–Crippen LogP) is 3.75. The zero-order valence-electron chi connectivity index (χ0n) is 15.3. The fraction of sp³-hybridized carbons (Fsp3) is 0.368. The van der Waals surface area contributed by atoms with E-state index < -0.39 is 10.0 Å². The highest BCUT2D eigenvalue weighted by Crippen LogP contribution is 2.28. The molecule has 2 aromatic rings. The summed E-state index contributed by atoms with van der Waals surface area (Å²) in [5, 5.41) is 0. The van der Waals surface area contributed by atoms with Crippen molar-refractivity contribution >= 4 is 10.0 Å². The Morgan fingerprint density at radius 3 is 2.48 bits per heavy atom. The monoisotopic (exact) mass is 363 g/mol. The van der Waals surface area contributed by atoms with Crippen LogP contribution < -0.4 is 14.2 Å². The van der Waals surface area contributed by atoms with E-state index in [0.717, 1.165) is 16.9 Å². The van der Waals surface area contributed by atoms with Crippen LogP contribution in [0.5, 0.6) is 11.5 Å². The van der Waals surface area contributed by atoms with Crippen LogP contribution in [0.15, 0.2) is 41.3 Å². The Morgan fingerprint density at radius 2 is 1.84 bits per heavy atom. The van der Waals surface area contributed by atoms with Gasteiger partial charge in [0, 0.05) is 6.04 Å². The third-order valence-electron chi connectivity index (χ3n) is 4.20. The summed E-state index contributed by atoms with van der Waals surface area (Å²) in [6, 6.07) is 10.3. The number of nitrogens with one attached hydrogen (secondary N) is 1. The van der Waals surface area contributed by atoms with Crippen molar-refractivity contribution in [1.29, 1.82) is 0 Å². The van der Waals surface area contributed by atoms with Gasteiger partial charge >= 0.3 is 0 Å². The van der Waals surface area contributed by atoms with Crippen molar-refractivity contribution in [2.45, 2.75) is 38.6 Å². The van der Waals surface area contributed by atoms with Crippen molar-refractivity contribution in [3.63, 3.8) is 0 Å². The number of sulfonamides is 1. The molecular formula is C19H25NO4S. The van der Waals surface area contributed by atoms with Crippen molar-refractivity contribution in [1.82, 2.24) is 4.72 Å². The summed E-state index contributed by atoms with van der Waals surface area (Å²) in [6.45, 7) is 7.92. The predicted molar refractivity (Wildman–Crippen MR) is 98.8 cm³/mol. The molecule has 1 unspecified atom stereocenters. The average molecular weight is 363 g/mol. The molecule has 25 heavy (non-hydrogen) atoms. The molecule has 0 aliphatic carbocycles. The van der Waals surface area contributed by atoms with Crippen LogP contribution in [0.3, 0.4) is 0 Å². The summed E-state index contributed by atoms with van der Waals surface area (Å²) in [4.78, 5) is 0.263. The van der Waals surface area contributed by atoms with Crippen molar-refractivity contribution in [2.24, 2.45) is 0 Å². The molecule has 136 valence electrons. The maximum absolute atomic E-state index is 12.8. The minimum absolute atomic E-state index is 0.263. The van der Waals surface area contributed by atoms with Crippen LogP contribution in [0, 0.1) is 13.8 Å². The van der Waals surface area contributed by atoms with E-state index in [1.54, 1.807) is 26.2 Å². The maximum atomic E-state index is 12.8. The average Bonchev–Trinajstić information content (AvgIpc) is 2.57. The van der Waals surface area contributed by atoms with Crippen LogP contribution in [0.1, 0.15) is 36.6 Å². The van der Waals surface area contributed by atoms with E-state index in [9.17, 15) is 8.42 Å². The van der Waals surface area contributed by atoms with Gasteiger partial charge in [-0.15, -0.1) is 0 Å². The molecule has 2 aromatic carbocycles. The Labute approximate surface area is 150 Å². The van der Waals surface area contributed by atoms with Crippen molar-refractivity contribution in [2.75, 3.05) is 13.7 Å². The molecule has 0 radical (unpaired) electrons. The lowest BCUT2D eigenvalue weighted by Gasteiger charge is -2.18. The van der Waals surface area contributed by atoms with Gasteiger partial charge in [-0.2, -0.15) is 0 Å². The van der Waals surface area contributed by atoms with Gasteiger partial charge in [-0.3, -0.25) is 0 Å². The quantitative estimate of drug-likeness (QED) is 0.814. The SMILES string of the molecule is CCOc1cccc(C(C)NS(=O)(=O)c2ccc(OC)c(C)c2C)c1. The Bertz CT molecular complexity index is 846. The highest BCUT2D eigenvalue weighted by molar-refractivity contribution is 7.89. The fourth-order valence-corrected chi connectivity index (χ4v) is 4.22. The minimum atomic E-state index is -3.66. The van der Waals surface area contributed by atoms with E-state index in [2.05, 4.69) is 4.72 Å². The lowest BCUT2D eigenvalue weighted by atomic mass is 10.1. The van der Waals surface area contributed by atoms with Crippen LogP contribution in [0.2, 0.25) is 0 Å². The van der Waals surface area contributed by atoms with Crippen LogP contribution in [0.25, 0.3) is 0 Å². The molecule has 5 nitrogen and oxygen atoms in total. The molecule has 1 N–H and O–H groups in total. The summed E-state index contributed by atoms with van der Waals surface area (Å²) in [5.74, 6) is 1.40. The number of ether oxygens (including phenoxy) is 2. The number of rotatable bonds is 7. The molecule has 0 bridgehead atoms. The normalized spacial score (nSPS) is 12.7. The molecule has 6 heteroatoms. The first-order valence-corrected chi connectivity index (χ1v) is 9.67. The number of methoxy groups -OCH3 is 1. The Kier molecular flexibility index (Phi) is 6.08. The van der Waals surface area contributed by atoms with Gasteiger partial charge in [-0.05, 0) is 68.7 Å². The molecule has 0 aliphatic rings. The molecule has 0 aromatic heterocycles. The van der Waals surface area contributed by atoms with Gasteiger partial charge < -0.3 is 9.47 Å². The molecule has 0 heterocycles. The van der Waals surface area contributed by atoms with E-state index in [-0.39, 0.29) is 10.9 Å². The second kappa shape index (κ2) is 7.89. The lowest BCUT2D eigenvalue weighted by Crippen LogP contribution is -2.27. The molecular weight excluding hydrogens is 338 g/mol. The summed E-state index contributed by atoms with van der Waals surface area (Å²) in [5.41, 5.74) is 2.34.